The average Bonchev–Trinajstić information content (AvgIpc) is 2.67. The quantitative estimate of drug-likeness (QED) is 0.610. The van der Waals surface area contributed by atoms with E-state index in [1.54, 1.807) is 30.5 Å². The van der Waals surface area contributed by atoms with Gasteiger partial charge in [-0.3, -0.25) is 4.98 Å². The van der Waals surface area contributed by atoms with E-state index in [1.165, 1.54) is 26.5 Å². The van der Waals surface area contributed by atoms with E-state index in [1.807, 2.05) is 18.2 Å². The molecule has 140 valence electrons. The normalized spacial score (nSPS) is 11.2. The lowest BCUT2D eigenvalue weighted by molar-refractivity contribution is 0.392. The monoisotopic (exact) mass is 403 g/mol. The Morgan fingerprint density at radius 3 is 2.48 bits per heavy atom. The Morgan fingerprint density at radius 1 is 1.00 bits per heavy atom. The molecule has 0 saturated heterocycles. The molecule has 5 nitrogen and oxygen atoms in total. The first kappa shape index (κ1) is 19.2. The molecule has 3 aromatic rings. The number of ether oxygens (including phenoxy) is 2. The van der Waals surface area contributed by atoms with E-state index < -0.39 is 9.84 Å². The van der Waals surface area contributed by atoms with Gasteiger partial charge in [0.2, 0.25) is 0 Å². The third kappa shape index (κ3) is 4.23. The van der Waals surface area contributed by atoms with Crippen molar-refractivity contribution in [1.29, 1.82) is 0 Å². The van der Waals surface area contributed by atoms with Crippen molar-refractivity contribution in [2.75, 3.05) is 14.2 Å². The molecule has 0 unspecified atom stereocenters. The molecule has 0 N–H and O–H groups in total. The summed E-state index contributed by atoms with van der Waals surface area (Å²) in [5, 5.41) is 0.578. The highest BCUT2D eigenvalue weighted by Gasteiger charge is 2.22. The zero-order chi connectivity index (χ0) is 19.4. The summed E-state index contributed by atoms with van der Waals surface area (Å²) in [6.07, 6.45) is 3.19. The van der Waals surface area contributed by atoms with E-state index in [4.69, 9.17) is 21.1 Å². The highest BCUT2D eigenvalue weighted by molar-refractivity contribution is 7.90. The van der Waals surface area contributed by atoms with Crippen molar-refractivity contribution in [1.82, 2.24) is 4.98 Å². The Bertz CT molecular complexity index is 1070. The van der Waals surface area contributed by atoms with Gasteiger partial charge in [-0.1, -0.05) is 29.8 Å². The van der Waals surface area contributed by atoms with E-state index in [9.17, 15) is 8.42 Å². The molecule has 0 bridgehead atoms. The smallest absolute Gasteiger partial charge is 0.186 e. The molecule has 0 amide bonds. The van der Waals surface area contributed by atoms with Gasteiger partial charge in [-0.05, 0) is 29.8 Å². The molecule has 7 heteroatoms. The Hall–Kier alpha value is -2.57. The zero-order valence-electron chi connectivity index (χ0n) is 14.8. The number of pyridine rings is 1. The van der Waals surface area contributed by atoms with Gasteiger partial charge in [0.15, 0.2) is 9.84 Å². The Balaban J connectivity index is 1.98. The molecule has 0 fully saturated rings. The van der Waals surface area contributed by atoms with E-state index in [0.29, 0.717) is 16.3 Å². The number of aromatic nitrogens is 1. The van der Waals surface area contributed by atoms with Gasteiger partial charge in [0.05, 0.1) is 20.0 Å². The number of nitrogens with zero attached hydrogens (tertiary/aromatic N) is 1. The molecular formula is C20H18ClNO4S. The van der Waals surface area contributed by atoms with Crippen molar-refractivity contribution >= 4 is 21.4 Å². The van der Waals surface area contributed by atoms with Crippen LogP contribution >= 0.6 is 11.6 Å². The fourth-order valence-electron chi connectivity index (χ4n) is 2.73. The third-order valence-electron chi connectivity index (χ3n) is 4.04. The summed E-state index contributed by atoms with van der Waals surface area (Å²) in [6, 6.07) is 13.8. The lowest BCUT2D eigenvalue weighted by Gasteiger charge is -2.12. The molecule has 0 radical (unpaired) electrons. The topological polar surface area (TPSA) is 65.5 Å². The fourth-order valence-corrected chi connectivity index (χ4v) is 4.48. The summed E-state index contributed by atoms with van der Waals surface area (Å²) in [5.41, 5.74) is 2.10. The first-order chi connectivity index (χ1) is 12.9. The van der Waals surface area contributed by atoms with Crippen molar-refractivity contribution in [3.8, 4) is 22.6 Å². The SMILES string of the molecule is COc1ccc(OC)c(S(=O)(=O)Cc2cncc(-c3ccccc3Cl)c2)c1. The molecule has 0 aliphatic carbocycles. The number of rotatable bonds is 6. The molecule has 0 atom stereocenters. The van der Waals surface area contributed by atoms with Crippen LogP contribution in [-0.4, -0.2) is 27.6 Å². The second-order valence-corrected chi connectivity index (χ2v) is 8.20. The van der Waals surface area contributed by atoms with E-state index in [0.717, 1.165) is 11.1 Å². The van der Waals surface area contributed by atoms with Crippen LogP contribution < -0.4 is 9.47 Å². The number of hydrogen-bond donors (Lipinski definition) is 0. The fraction of sp³-hybridized carbons (Fsp3) is 0.150. The molecular weight excluding hydrogens is 386 g/mol. The summed E-state index contributed by atoms with van der Waals surface area (Å²) in [7, 11) is -0.763. The van der Waals surface area contributed by atoms with E-state index in [-0.39, 0.29) is 16.4 Å². The van der Waals surface area contributed by atoms with Crippen molar-refractivity contribution in [3.63, 3.8) is 0 Å². The van der Waals surface area contributed by atoms with Gasteiger partial charge in [0.25, 0.3) is 0 Å². The molecule has 27 heavy (non-hydrogen) atoms. The van der Waals surface area contributed by atoms with Crippen LogP contribution in [0.5, 0.6) is 11.5 Å². The van der Waals surface area contributed by atoms with Gasteiger partial charge in [-0.25, -0.2) is 8.42 Å². The predicted molar refractivity (Wildman–Crippen MR) is 105 cm³/mol. The largest absolute Gasteiger partial charge is 0.497 e. The van der Waals surface area contributed by atoms with Crippen LogP contribution in [0.1, 0.15) is 5.56 Å². The van der Waals surface area contributed by atoms with Crippen LogP contribution in [0.3, 0.4) is 0 Å². The first-order valence-corrected chi connectivity index (χ1v) is 10.1. The number of hydrogen-bond acceptors (Lipinski definition) is 5. The highest BCUT2D eigenvalue weighted by atomic mass is 35.5. The van der Waals surface area contributed by atoms with Crippen LogP contribution in [0.25, 0.3) is 11.1 Å². The van der Waals surface area contributed by atoms with Gasteiger partial charge in [-0.2, -0.15) is 0 Å². The molecule has 0 spiro atoms. The second kappa shape index (κ2) is 7.98. The van der Waals surface area contributed by atoms with Crippen LogP contribution in [0.15, 0.2) is 65.8 Å². The molecule has 0 aliphatic rings. The predicted octanol–water partition coefficient (Wildman–Crippen LogP) is 4.39. The molecule has 0 saturated carbocycles. The number of sulfone groups is 1. The Labute approximate surface area is 163 Å². The number of methoxy groups -OCH3 is 2. The van der Waals surface area contributed by atoms with Crippen LogP contribution in [0.4, 0.5) is 0 Å². The van der Waals surface area contributed by atoms with Crippen LogP contribution in [0.2, 0.25) is 5.02 Å². The van der Waals surface area contributed by atoms with Gasteiger partial charge in [0, 0.05) is 34.6 Å². The summed E-state index contributed by atoms with van der Waals surface area (Å²) >= 11 is 6.24. The van der Waals surface area contributed by atoms with E-state index >= 15 is 0 Å². The summed E-state index contributed by atoms with van der Waals surface area (Å²) in [4.78, 5) is 4.25. The summed E-state index contributed by atoms with van der Waals surface area (Å²) < 4.78 is 36.3. The minimum absolute atomic E-state index is 0.0764. The number of halogens is 1. The average molecular weight is 404 g/mol. The highest BCUT2D eigenvalue weighted by Crippen LogP contribution is 2.32. The van der Waals surface area contributed by atoms with Crippen molar-refractivity contribution in [3.05, 3.63) is 71.5 Å². The first-order valence-electron chi connectivity index (χ1n) is 8.08. The van der Waals surface area contributed by atoms with Gasteiger partial charge < -0.3 is 9.47 Å². The number of benzene rings is 2. The van der Waals surface area contributed by atoms with Crippen molar-refractivity contribution in [2.45, 2.75) is 10.6 Å². The summed E-state index contributed by atoms with van der Waals surface area (Å²) in [5.74, 6) is 0.491. The molecule has 3 rings (SSSR count). The Kier molecular flexibility index (Phi) is 5.68. The molecule has 1 aromatic heterocycles. The molecule has 1 heterocycles. The Morgan fingerprint density at radius 2 is 1.78 bits per heavy atom. The molecule has 0 aliphatic heterocycles. The van der Waals surface area contributed by atoms with Gasteiger partial charge >= 0.3 is 0 Å². The standard InChI is InChI=1S/C20H18ClNO4S/c1-25-16-7-8-19(26-2)20(10-16)27(23,24)13-14-9-15(12-22-11-14)17-5-3-4-6-18(17)21/h3-12H,13H2,1-2H3. The summed E-state index contributed by atoms with van der Waals surface area (Å²) in [6.45, 7) is 0. The van der Waals surface area contributed by atoms with Crippen molar-refractivity contribution in [2.24, 2.45) is 0 Å². The minimum atomic E-state index is -3.68. The van der Waals surface area contributed by atoms with Crippen LogP contribution in [-0.2, 0) is 15.6 Å². The van der Waals surface area contributed by atoms with Crippen LogP contribution in [0, 0.1) is 0 Å². The zero-order valence-corrected chi connectivity index (χ0v) is 16.4. The van der Waals surface area contributed by atoms with E-state index in [2.05, 4.69) is 4.98 Å². The second-order valence-electron chi connectivity index (χ2n) is 5.84. The minimum Gasteiger partial charge on any atom is -0.497 e. The molecule has 2 aromatic carbocycles. The third-order valence-corrected chi connectivity index (χ3v) is 6.07. The lowest BCUT2D eigenvalue weighted by atomic mass is 10.1. The maximum Gasteiger partial charge on any atom is 0.186 e. The maximum absolute atomic E-state index is 13.0. The lowest BCUT2D eigenvalue weighted by Crippen LogP contribution is -2.07. The van der Waals surface area contributed by atoms with Gasteiger partial charge in [-0.15, -0.1) is 0 Å². The maximum atomic E-state index is 13.0. The van der Waals surface area contributed by atoms with Gasteiger partial charge in [0.1, 0.15) is 16.4 Å². The van der Waals surface area contributed by atoms with Crippen molar-refractivity contribution < 1.29 is 17.9 Å².